The summed E-state index contributed by atoms with van der Waals surface area (Å²) in [5.74, 6) is 0. The van der Waals surface area contributed by atoms with Crippen LogP contribution in [0.3, 0.4) is 0 Å². The lowest BCUT2D eigenvalue weighted by Crippen LogP contribution is -1.83. The first-order valence-corrected chi connectivity index (χ1v) is 5.52. The van der Waals surface area contributed by atoms with Gasteiger partial charge in [0.15, 0.2) is 0 Å². The van der Waals surface area contributed by atoms with Crippen molar-refractivity contribution in [2.45, 2.75) is 0 Å². The predicted octanol–water partition coefficient (Wildman–Crippen LogP) is 3.36. The van der Waals surface area contributed by atoms with E-state index in [-0.39, 0.29) is 0 Å². The van der Waals surface area contributed by atoms with Crippen LogP contribution >= 0.6 is 11.5 Å². The fraction of sp³-hybridized carbons (Fsp3) is 0. The van der Waals surface area contributed by atoms with Gasteiger partial charge in [-0.05, 0) is 23.0 Å². The van der Waals surface area contributed by atoms with Crippen molar-refractivity contribution < 1.29 is 0 Å². The van der Waals surface area contributed by atoms with Crippen molar-refractivity contribution in [2.75, 3.05) is 0 Å². The number of rotatable bonds is 1. The Balaban J connectivity index is 2.36. The molecule has 3 aromatic rings. The van der Waals surface area contributed by atoms with Gasteiger partial charge in [0, 0.05) is 22.5 Å². The van der Waals surface area contributed by atoms with Gasteiger partial charge in [-0.3, -0.25) is 4.98 Å². The first-order valence-electron chi connectivity index (χ1n) is 4.68. The molecular weight excluding hydrogens is 204 g/mol. The highest BCUT2D eigenvalue weighted by Crippen LogP contribution is 2.26. The normalized spacial score (nSPS) is 10.7. The average Bonchev–Trinajstić information content (AvgIpc) is 2.82. The zero-order valence-electron chi connectivity index (χ0n) is 7.92. The summed E-state index contributed by atoms with van der Waals surface area (Å²) >= 11 is 1.45. The van der Waals surface area contributed by atoms with Crippen LogP contribution in [0.15, 0.2) is 48.1 Å². The lowest BCUT2D eigenvalue weighted by molar-refractivity contribution is 1.36. The van der Waals surface area contributed by atoms with Gasteiger partial charge in [-0.25, -0.2) is 4.37 Å². The summed E-state index contributed by atoms with van der Waals surface area (Å²) in [7, 11) is 0. The predicted molar refractivity (Wildman–Crippen MR) is 62.9 cm³/mol. The van der Waals surface area contributed by atoms with Crippen LogP contribution < -0.4 is 0 Å². The fourth-order valence-electron chi connectivity index (χ4n) is 1.67. The largest absolute Gasteiger partial charge is 0.255 e. The second-order valence-electron chi connectivity index (χ2n) is 3.29. The van der Waals surface area contributed by atoms with Gasteiger partial charge in [0.05, 0.1) is 11.9 Å². The molecule has 72 valence electrons. The Labute approximate surface area is 91.4 Å². The van der Waals surface area contributed by atoms with Crippen molar-refractivity contribution in [3.8, 4) is 11.3 Å². The van der Waals surface area contributed by atoms with Crippen LogP contribution in [0.2, 0.25) is 0 Å². The minimum Gasteiger partial charge on any atom is -0.255 e. The summed E-state index contributed by atoms with van der Waals surface area (Å²) in [5, 5.41) is 4.42. The molecule has 2 nitrogen and oxygen atoms in total. The Morgan fingerprint density at radius 3 is 2.87 bits per heavy atom. The molecule has 0 saturated heterocycles. The van der Waals surface area contributed by atoms with Crippen LogP contribution in [0, 0.1) is 0 Å². The van der Waals surface area contributed by atoms with E-state index in [1.54, 1.807) is 0 Å². The quantitative estimate of drug-likeness (QED) is 0.618. The van der Waals surface area contributed by atoms with Crippen molar-refractivity contribution >= 4 is 22.3 Å². The van der Waals surface area contributed by atoms with Gasteiger partial charge in [0.25, 0.3) is 0 Å². The van der Waals surface area contributed by atoms with E-state index in [1.165, 1.54) is 22.3 Å². The minimum absolute atomic E-state index is 1.02. The molecule has 0 aliphatic heterocycles. The summed E-state index contributed by atoms with van der Waals surface area (Å²) in [5.41, 5.74) is 2.11. The number of fused-ring (bicyclic) bond motifs is 1. The molecule has 0 saturated carbocycles. The first-order chi connectivity index (χ1) is 7.45. The van der Waals surface area contributed by atoms with Crippen molar-refractivity contribution in [3.63, 3.8) is 0 Å². The summed E-state index contributed by atoms with van der Waals surface area (Å²) in [6.07, 6.45) is 3.70. The maximum absolute atomic E-state index is 4.42. The van der Waals surface area contributed by atoms with E-state index in [9.17, 15) is 0 Å². The Morgan fingerprint density at radius 2 is 2.00 bits per heavy atom. The van der Waals surface area contributed by atoms with Crippen molar-refractivity contribution in [3.05, 3.63) is 48.1 Å². The number of hydrogen-bond donors (Lipinski definition) is 0. The maximum atomic E-state index is 4.42. The van der Waals surface area contributed by atoms with E-state index in [0.29, 0.717) is 0 Å². The Hall–Kier alpha value is -1.74. The van der Waals surface area contributed by atoms with Gasteiger partial charge < -0.3 is 0 Å². The first kappa shape index (κ1) is 8.56. The summed E-state index contributed by atoms with van der Waals surface area (Å²) in [6.45, 7) is 0. The van der Waals surface area contributed by atoms with E-state index in [4.69, 9.17) is 0 Å². The molecule has 0 aliphatic carbocycles. The molecule has 0 radical (unpaired) electrons. The third kappa shape index (κ3) is 1.41. The van der Waals surface area contributed by atoms with Gasteiger partial charge in [-0.15, -0.1) is 0 Å². The Kier molecular flexibility index (Phi) is 1.96. The Bertz CT molecular complexity index is 582. The minimum atomic E-state index is 1.02. The number of aromatic nitrogens is 2. The lowest BCUT2D eigenvalue weighted by atomic mass is 10.1. The lowest BCUT2D eigenvalue weighted by Gasteiger charge is -2.02. The van der Waals surface area contributed by atoms with Gasteiger partial charge in [0.1, 0.15) is 0 Å². The van der Waals surface area contributed by atoms with Crippen molar-refractivity contribution in [1.82, 2.24) is 9.36 Å². The van der Waals surface area contributed by atoms with Gasteiger partial charge in [0.2, 0.25) is 0 Å². The van der Waals surface area contributed by atoms with Crippen molar-refractivity contribution in [1.29, 1.82) is 0 Å². The summed E-state index contributed by atoms with van der Waals surface area (Å²) in [4.78, 5) is 4.42. The van der Waals surface area contributed by atoms with Gasteiger partial charge in [-0.2, -0.15) is 0 Å². The molecule has 15 heavy (non-hydrogen) atoms. The topological polar surface area (TPSA) is 25.8 Å². The molecule has 1 aromatic carbocycles. The smallest absolute Gasteiger partial charge is 0.0804 e. The molecular formula is C12H8N2S. The molecule has 2 aromatic heterocycles. The molecule has 0 unspecified atom stereocenters. The van der Waals surface area contributed by atoms with Crippen LogP contribution in [0.5, 0.6) is 0 Å². The average molecular weight is 212 g/mol. The zero-order valence-corrected chi connectivity index (χ0v) is 8.74. The molecule has 0 atom stereocenters. The molecule has 0 bridgehead atoms. The molecule has 0 fully saturated rings. The SMILES string of the molecule is c1ccc2c(-c3cnsc3)nccc2c1. The molecule has 0 amide bonds. The number of hydrogen-bond acceptors (Lipinski definition) is 3. The van der Waals surface area contributed by atoms with E-state index in [1.807, 2.05) is 36.0 Å². The highest BCUT2D eigenvalue weighted by Gasteiger charge is 2.04. The monoisotopic (exact) mass is 212 g/mol. The molecule has 3 rings (SSSR count). The highest BCUT2D eigenvalue weighted by atomic mass is 32.1. The van der Waals surface area contributed by atoms with E-state index < -0.39 is 0 Å². The number of nitrogens with zero attached hydrogens (tertiary/aromatic N) is 2. The van der Waals surface area contributed by atoms with Crippen LogP contribution in [0.1, 0.15) is 0 Å². The van der Waals surface area contributed by atoms with Crippen molar-refractivity contribution in [2.24, 2.45) is 0 Å². The molecule has 0 N–H and O–H groups in total. The standard InChI is InChI=1S/C12H8N2S/c1-2-4-11-9(3-1)5-6-13-12(11)10-7-14-15-8-10/h1-8H. The zero-order chi connectivity index (χ0) is 10.1. The van der Waals surface area contributed by atoms with Gasteiger partial charge >= 0.3 is 0 Å². The van der Waals surface area contributed by atoms with Crippen LogP contribution in [-0.2, 0) is 0 Å². The van der Waals surface area contributed by atoms with Crippen LogP contribution in [-0.4, -0.2) is 9.36 Å². The van der Waals surface area contributed by atoms with Gasteiger partial charge in [-0.1, -0.05) is 24.3 Å². The molecule has 0 aliphatic rings. The highest BCUT2D eigenvalue weighted by molar-refractivity contribution is 7.03. The molecule has 2 heterocycles. The number of benzene rings is 1. The second kappa shape index (κ2) is 3.44. The van der Waals surface area contributed by atoms with Crippen LogP contribution in [0.25, 0.3) is 22.0 Å². The number of pyridine rings is 1. The molecule has 0 spiro atoms. The summed E-state index contributed by atoms with van der Waals surface area (Å²) in [6, 6.07) is 10.3. The van der Waals surface area contributed by atoms with E-state index in [0.717, 1.165) is 11.3 Å². The fourth-order valence-corrected chi connectivity index (χ4v) is 2.19. The third-order valence-electron chi connectivity index (χ3n) is 2.38. The second-order valence-corrected chi connectivity index (χ2v) is 3.95. The molecule has 3 heteroatoms. The Morgan fingerprint density at radius 1 is 1.07 bits per heavy atom. The van der Waals surface area contributed by atoms with E-state index in [2.05, 4.69) is 21.5 Å². The van der Waals surface area contributed by atoms with E-state index >= 15 is 0 Å². The van der Waals surface area contributed by atoms with Crippen LogP contribution in [0.4, 0.5) is 0 Å². The summed E-state index contributed by atoms with van der Waals surface area (Å²) < 4.78 is 4.11. The maximum Gasteiger partial charge on any atom is 0.0804 e. The third-order valence-corrected chi connectivity index (χ3v) is 2.97.